The second kappa shape index (κ2) is 5.00. The van der Waals surface area contributed by atoms with Crippen LogP contribution in [0.25, 0.3) is 0 Å². The number of fused-ring (bicyclic) bond motifs is 1. The zero-order valence-electron chi connectivity index (χ0n) is 10.1. The summed E-state index contributed by atoms with van der Waals surface area (Å²) in [5.41, 5.74) is 2.42. The lowest BCUT2D eigenvalue weighted by molar-refractivity contribution is -0.137. The molecule has 1 aliphatic heterocycles. The van der Waals surface area contributed by atoms with E-state index in [0.29, 0.717) is 0 Å². The predicted octanol–water partition coefficient (Wildman–Crippen LogP) is 3.00. The van der Waals surface area contributed by atoms with Crippen molar-refractivity contribution < 1.29 is 9.90 Å². The van der Waals surface area contributed by atoms with Gasteiger partial charge in [0, 0.05) is 21.9 Å². The van der Waals surface area contributed by atoms with Crippen molar-refractivity contribution in [3.05, 3.63) is 23.8 Å². The summed E-state index contributed by atoms with van der Waals surface area (Å²) in [5.74, 6) is -0.730. The van der Waals surface area contributed by atoms with Crippen LogP contribution in [0.1, 0.15) is 25.8 Å². The lowest BCUT2D eigenvalue weighted by atomic mass is 10.1. The van der Waals surface area contributed by atoms with Crippen molar-refractivity contribution in [2.24, 2.45) is 0 Å². The number of aryl methyl sites for hydroxylation is 1. The first-order valence-electron chi connectivity index (χ1n) is 5.88. The van der Waals surface area contributed by atoms with E-state index >= 15 is 0 Å². The van der Waals surface area contributed by atoms with Gasteiger partial charge in [-0.15, -0.1) is 11.8 Å². The standard InChI is InChI=1S/C13H17NO2S/c1-3-9-4-5-10-12(6-9)17-11(7-13(15)16)8(2)14-10/h4-6,8,11,14H,3,7H2,1-2H3,(H,15,16). The van der Waals surface area contributed by atoms with E-state index in [1.54, 1.807) is 11.8 Å². The second-order valence-electron chi connectivity index (χ2n) is 4.37. The van der Waals surface area contributed by atoms with Gasteiger partial charge in [-0.05, 0) is 31.0 Å². The SMILES string of the molecule is CCc1ccc2c(c1)SC(CC(=O)O)C(C)N2. The first kappa shape index (κ1) is 12.3. The molecule has 3 nitrogen and oxygen atoms in total. The normalized spacial score (nSPS) is 22.7. The summed E-state index contributed by atoms with van der Waals surface area (Å²) in [6.45, 7) is 4.16. The maximum absolute atomic E-state index is 10.8. The van der Waals surface area contributed by atoms with Gasteiger partial charge in [0.05, 0.1) is 6.42 Å². The van der Waals surface area contributed by atoms with E-state index in [9.17, 15) is 4.79 Å². The van der Waals surface area contributed by atoms with E-state index in [4.69, 9.17) is 5.11 Å². The Kier molecular flexibility index (Phi) is 3.62. The highest BCUT2D eigenvalue weighted by Gasteiger charge is 2.27. The number of carbonyl (C=O) groups is 1. The van der Waals surface area contributed by atoms with Crippen LogP contribution in [0.5, 0.6) is 0 Å². The third-order valence-corrected chi connectivity index (χ3v) is 4.52. The number of hydrogen-bond acceptors (Lipinski definition) is 3. The van der Waals surface area contributed by atoms with Crippen LogP contribution in [0.2, 0.25) is 0 Å². The first-order valence-corrected chi connectivity index (χ1v) is 6.76. The molecule has 1 aromatic carbocycles. The van der Waals surface area contributed by atoms with Crippen LogP contribution < -0.4 is 5.32 Å². The van der Waals surface area contributed by atoms with Crippen molar-refractivity contribution >= 4 is 23.4 Å². The van der Waals surface area contributed by atoms with Crippen LogP contribution in [0.3, 0.4) is 0 Å². The Bertz CT molecular complexity index is 433. The Labute approximate surface area is 106 Å². The molecule has 1 heterocycles. The minimum absolute atomic E-state index is 0.104. The molecule has 0 aliphatic carbocycles. The number of benzene rings is 1. The number of thioether (sulfide) groups is 1. The molecule has 0 saturated heterocycles. The van der Waals surface area contributed by atoms with Gasteiger partial charge >= 0.3 is 5.97 Å². The summed E-state index contributed by atoms with van der Waals surface area (Å²) in [7, 11) is 0. The Morgan fingerprint density at radius 1 is 1.53 bits per heavy atom. The van der Waals surface area contributed by atoms with Crippen LogP contribution in [-0.4, -0.2) is 22.4 Å². The predicted molar refractivity (Wildman–Crippen MR) is 70.8 cm³/mol. The van der Waals surface area contributed by atoms with E-state index in [1.165, 1.54) is 10.5 Å². The molecule has 0 saturated carbocycles. The van der Waals surface area contributed by atoms with Crippen LogP contribution in [0.15, 0.2) is 23.1 Å². The average molecular weight is 251 g/mol. The van der Waals surface area contributed by atoms with E-state index in [0.717, 1.165) is 12.1 Å². The van der Waals surface area contributed by atoms with Gasteiger partial charge in [0.2, 0.25) is 0 Å². The number of anilines is 1. The molecule has 2 unspecified atom stereocenters. The maximum Gasteiger partial charge on any atom is 0.304 e. The van der Waals surface area contributed by atoms with Crippen LogP contribution in [0.4, 0.5) is 5.69 Å². The number of carboxylic acids is 1. The van der Waals surface area contributed by atoms with Crippen molar-refractivity contribution in [1.82, 2.24) is 0 Å². The fourth-order valence-corrected chi connectivity index (χ4v) is 3.29. The monoisotopic (exact) mass is 251 g/mol. The van der Waals surface area contributed by atoms with E-state index in [1.807, 2.05) is 6.92 Å². The molecular formula is C13H17NO2S. The summed E-state index contributed by atoms with van der Waals surface area (Å²) in [5, 5.41) is 12.4. The first-order chi connectivity index (χ1) is 8.10. The number of aliphatic carboxylic acids is 1. The molecule has 0 spiro atoms. The van der Waals surface area contributed by atoms with Crippen molar-refractivity contribution in [2.75, 3.05) is 5.32 Å². The van der Waals surface area contributed by atoms with E-state index in [2.05, 4.69) is 30.4 Å². The minimum atomic E-state index is -0.730. The molecule has 1 aliphatic rings. The third kappa shape index (κ3) is 2.75. The molecule has 0 radical (unpaired) electrons. The number of rotatable bonds is 3. The summed E-state index contributed by atoms with van der Waals surface area (Å²) >= 11 is 1.68. The van der Waals surface area contributed by atoms with Gasteiger partial charge in [0.15, 0.2) is 0 Å². The highest BCUT2D eigenvalue weighted by Crippen LogP contribution is 2.39. The molecule has 4 heteroatoms. The largest absolute Gasteiger partial charge is 0.481 e. The summed E-state index contributed by atoms with van der Waals surface area (Å²) < 4.78 is 0. The number of nitrogens with one attached hydrogen (secondary N) is 1. The van der Waals surface area contributed by atoms with Crippen LogP contribution >= 0.6 is 11.8 Å². The molecule has 0 fully saturated rings. The maximum atomic E-state index is 10.8. The molecular weight excluding hydrogens is 234 g/mol. The smallest absolute Gasteiger partial charge is 0.304 e. The quantitative estimate of drug-likeness (QED) is 0.867. The van der Waals surface area contributed by atoms with E-state index < -0.39 is 5.97 Å². The van der Waals surface area contributed by atoms with Gasteiger partial charge in [0.1, 0.15) is 0 Å². The second-order valence-corrected chi connectivity index (χ2v) is 5.65. The van der Waals surface area contributed by atoms with Crippen LogP contribution in [0, 0.1) is 0 Å². The molecule has 92 valence electrons. The van der Waals surface area contributed by atoms with Crippen LogP contribution in [-0.2, 0) is 11.2 Å². The lowest BCUT2D eigenvalue weighted by Crippen LogP contribution is -2.33. The highest BCUT2D eigenvalue weighted by atomic mass is 32.2. The van der Waals surface area contributed by atoms with E-state index in [-0.39, 0.29) is 17.7 Å². The van der Waals surface area contributed by atoms with Gasteiger partial charge in [-0.1, -0.05) is 13.0 Å². The molecule has 17 heavy (non-hydrogen) atoms. The Morgan fingerprint density at radius 2 is 2.29 bits per heavy atom. The Balaban J connectivity index is 2.22. The number of carboxylic acid groups (broad SMARTS) is 1. The van der Waals surface area contributed by atoms with Gasteiger partial charge in [-0.25, -0.2) is 0 Å². The Hall–Kier alpha value is -1.16. The van der Waals surface area contributed by atoms with Crippen molar-refractivity contribution in [3.8, 4) is 0 Å². The molecule has 0 amide bonds. The summed E-state index contributed by atoms with van der Waals surface area (Å²) in [4.78, 5) is 12.0. The fraction of sp³-hybridized carbons (Fsp3) is 0.462. The number of hydrogen-bond donors (Lipinski definition) is 2. The third-order valence-electron chi connectivity index (χ3n) is 3.05. The topological polar surface area (TPSA) is 49.3 Å². The van der Waals surface area contributed by atoms with Crippen molar-refractivity contribution in [3.63, 3.8) is 0 Å². The van der Waals surface area contributed by atoms with Gasteiger partial charge in [0.25, 0.3) is 0 Å². The van der Waals surface area contributed by atoms with Gasteiger partial charge in [-0.3, -0.25) is 4.79 Å². The van der Waals surface area contributed by atoms with Gasteiger partial charge < -0.3 is 10.4 Å². The summed E-state index contributed by atoms with van der Waals surface area (Å²) in [6.07, 6.45) is 1.21. The van der Waals surface area contributed by atoms with Gasteiger partial charge in [-0.2, -0.15) is 0 Å². The molecule has 1 aromatic rings. The Morgan fingerprint density at radius 3 is 2.94 bits per heavy atom. The zero-order valence-corrected chi connectivity index (χ0v) is 10.9. The average Bonchev–Trinajstić information content (AvgIpc) is 2.29. The molecule has 2 atom stereocenters. The molecule has 2 N–H and O–H groups in total. The lowest BCUT2D eigenvalue weighted by Gasteiger charge is -2.31. The highest BCUT2D eigenvalue weighted by molar-refractivity contribution is 8.00. The molecule has 0 aromatic heterocycles. The van der Waals surface area contributed by atoms with Crippen molar-refractivity contribution in [2.45, 2.75) is 42.9 Å². The fourth-order valence-electron chi connectivity index (χ4n) is 2.00. The van der Waals surface area contributed by atoms with Crippen molar-refractivity contribution in [1.29, 1.82) is 0 Å². The zero-order chi connectivity index (χ0) is 12.4. The molecule has 0 bridgehead atoms. The summed E-state index contributed by atoms with van der Waals surface area (Å²) in [6, 6.07) is 6.56. The minimum Gasteiger partial charge on any atom is -0.481 e. The molecule has 2 rings (SSSR count).